The Morgan fingerprint density at radius 3 is 2.70 bits per heavy atom. The maximum atomic E-state index is 9.82. The minimum Gasteiger partial charge on any atom is -0.490 e. The Bertz CT molecular complexity index is 1090. The van der Waals surface area contributed by atoms with Crippen LogP contribution < -0.4 is 29.4 Å². The third-order valence-corrected chi connectivity index (χ3v) is 5.31. The van der Waals surface area contributed by atoms with Crippen LogP contribution in [0, 0.1) is 11.3 Å². The summed E-state index contributed by atoms with van der Waals surface area (Å²) < 4.78 is 28.9. The van der Waals surface area contributed by atoms with Crippen LogP contribution in [-0.4, -0.2) is 20.0 Å². The maximum Gasteiger partial charge on any atom is 0.231 e. The molecule has 0 unspecified atom stereocenters. The molecular weight excluding hydrogens is 452 g/mol. The van der Waals surface area contributed by atoms with Crippen molar-refractivity contribution in [2.45, 2.75) is 12.8 Å². The second-order valence-electron chi connectivity index (χ2n) is 6.53. The van der Waals surface area contributed by atoms with Crippen LogP contribution in [0.4, 0.5) is 0 Å². The molecule has 2 aliphatic rings. The number of nitrogens with zero attached hydrogens (tertiary/aromatic N) is 1. The molecule has 0 spiro atoms. The molecule has 0 fully saturated rings. The summed E-state index contributed by atoms with van der Waals surface area (Å²) in [5.74, 6) is 2.37. The minimum absolute atomic E-state index is 0.0509. The molecular formula is C22H19BrN2O5. The molecule has 0 radical (unpaired) electrons. The lowest BCUT2D eigenvalue weighted by Crippen LogP contribution is -2.21. The number of benzene rings is 2. The highest BCUT2D eigenvalue weighted by Crippen LogP contribution is 2.49. The molecule has 2 aliphatic heterocycles. The van der Waals surface area contributed by atoms with Gasteiger partial charge in [0.25, 0.3) is 0 Å². The first-order valence-corrected chi connectivity index (χ1v) is 10.1. The molecule has 2 aromatic carbocycles. The summed E-state index contributed by atoms with van der Waals surface area (Å²) in [5.41, 5.74) is 7.93. The summed E-state index contributed by atoms with van der Waals surface area (Å²) in [7, 11) is 0. The molecule has 1 atom stereocenters. The van der Waals surface area contributed by atoms with Gasteiger partial charge in [-0.1, -0.05) is 12.7 Å². The van der Waals surface area contributed by atoms with Gasteiger partial charge in [0.05, 0.1) is 17.0 Å². The summed E-state index contributed by atoms with van der Waals surface area (Å²) >= 11 is 3.57. The number of rotatable bonds is 6. The van der Waals surface area contributed by atoms with Crippen LogP contribution in [0.25, 0.3) is 0 Å². The van der Waals surface area contributed by atoms with Crippen molar-refractivity contribution in [2.24, 2.45) is 5.73 Å². The van der Waals surface area contributed by atoms with Gasteiger partial charge in [-0.3, -0.25) is 0 Å². The van der Waals surface area contributed by atoms with Crippen LogP contribution in [0.1, 0.15) is 24.0 Å². The molecule has 0 bridgehead atoms. The second kappa shape index (κ2) is 8.20. The monoisotopic (exact) mass is 470 g/mol. The highest BCUT2D eigenvalue weighted by molar-refractivity contribution is 9.10. The Hall–Kier alpha value is -3.31. The van der Waals surface area contributed by atoms with Crippen LogP contribution in [0.5, 0.6) is 28.7 Å². The van der Waals surface area contributed by atoms with Crippen molar-refractivity contribution < 1.29 is 23.7 Å². The summed E-state index contributed by atoms with van der Waals surface area (Å²) in [6, 6.07) is 9.47. The van der Waals surface area contributed by atoms with Gasteiger partial charge in [-0.2, -0.15) is 5.26 Å². The molecule has 2 heterocycles. The molecule has 0 saturated heterocycles. The Labute approximate surface area is 182 Å². The zero-order valence-electron chi connectivity index (χ0n) is 16.2. The molecule has 0 aliphatic carbocycles. The predicted octanol–water partition coefficient (Wildman–Crippen LogP) is 4.36. The fourth-order valence-corrected chi connectivity index (χ4v) is 4.06. The average Bonchev–Trinajstić information content (AvgIpc) is 3.18. The summed E-state index contributed by atoms with van der Waals surface area (Å²) in [5, 5.41) is 9.82. The Morgan fingerprint density at radius 2 is 2.00 bits per heavy atom. The lowest BCUT2D eigenvalue weighted by atomic mass is 9.83. The van der Waals surface area contributed by atoms with E-state index in [1.165, 1.54) is 0 Å². The van der Waals surface area contributed by atoms with E-state index in [2.05, 4.69) is 28.6 Å². The van der Waals surface area contributed by atoms with Gasteiger partial charge in [0.2, 0.25) is 12.7 Å². The van der Waals surface area contributed by atoms with Gasteiger partial charge in [-0.15, -0.1) is 0 Å². The molecule has 2 aromatic rings. The predicted molar refractivity (Wildman–Crippen MR) is 113 cm³/mol. The van der Waals surface area contributed by atoms with E-state index >= 15 is 0 Å². The molecule has 154 valence electrons. The summed E-state index contributed by atoms with van der Waals surface area (Å²) in [4.78, 5) is 0. The lowest BCUT2D eigenvalue weighted by Gasteiger charge is -2.27. The molecule has 0 saturated carbocycles. The van der Waals surface area contributed by atoms with Gasteiger partial charge in [0, 0.05) is 11.6 Å². The molecule has 4 rings (SSSR count). The van der Waals surface area contributed by atoms with Crippen LogP contribution in [0.15, 0.2) is 52.8 Å². The van der Waals surface area contributed by atoms with E-state index < -0.39 is 5.92 Å². The van der Waals surface area contributed by atoms with Crippen LogP contribution in [0.2, 0.25) is 0 Å². The number of halogens is 1. The standard InChI is InChI=1S/C22H19BrN2O5/c1-3-5-27-21-15(23)6-12(7-19(21)26-4-2)20-13-8-17-18(29-11-28-17)9-16(13)30-22(25)14(20)10-24/h3,6-9,20H,1,4-5,11,25H2,2H3/t20-/m0/s1. The number of hydrogen-bond donors (Lipinski definition) is 1. The fraction of sp³-hybridized carbons (Fsp3) is 0.227. The SMILES string of the molecule is C=CCOc1c(Br)cc([C@@H]2C(C#N)=C(N)Oc3cc4c(cc32)OCO4)cc1OCC. The number of ether oxygens (including phenoxy) is 5. The van der Waals surface area contributed by atoms with E-state index in [4.69, 9.17) is 29.4 Å². The molecule has 7 nitrogen and oxygen atoms in total. The van der Waals surface area contributed by atoms with Gasteiger partial charge in [0.15, 0.2) is 23.0 Å². The number of nitriles is 1. The first-order valence-electron chi connectivity index (χ1n) is 9.28. The first-order chi connectivity index (χ1) is 14.6. The number of hydrogen-bond acceptors (Lipinski definition) is 7. The van der Waals surface area contributed by atoms with Crippen molar-refractivity contribution in [3.05, 3.63) is 64.0 Å². The normalized spacial score (nSPS) is 16.4. The molecule has 0 aromatic heterocycles. The summed E-state index contributed by atoms with van der Waals surface area (Å²) in [6.45, 7) is 6.48. The van der Waals surface area contributed by atoms with Crippen LogP contribution in [-0.2, 0) is 0 Å². The molecule has 30 heavy (non-hydrogen) atoms. The number of fused-ring (bicyclic) bond motifs is 2. The van der Waals surface area contributed by atoms with E-state index in [-0.39, 0.29) is 12.7 Å². The maximum absolute atomic E-state index is 9.82. The zero-order chi connectivity index (χ0) is 21.3. The largest absolute Gasteiger partial charge is 0.490 e. The lowest BCUT2D eigenvalue weighted by molar-refractivity contribution is 0.174. The zero-order valence-corrected chi connectivity index (χ0v) is 17.8. The average molecular weight is 471 g/mol. The van der Waals surface area contributed by atoms with Crippen molar-refractivity contribution in [3.63, 3.8) is 0 Å². The van der Waals surface area contributed by atoms with Gasteiger partial charge >= 0.3 is 0 Å². The van der Waals surface area contributed by atoms with Gasteiger partial charge < -0.3 is 29.4 Å². The van der Waals surface area contributed by atoms with E-state index in [9.17, 15) is 5.26 Å². The molecule has 2 N–H and O–H groups in total. The molecule has 0 amide bonds. The van der Waals surface area contributed by atoms with Crippen LogP contribution in [0.3, 0.4) is 0 Å². The highest BCUT2D eigenvalue weighted by atomic mass is 79.9. The highest BCUT2D eigenvalue weighted by Gasteiger charge is 2.34. The van der Waals surface area contributed by atoms with E-state index in [0.29, 0.717) is 52.0 Å². The topological polar surface area (TPSA) is 96.0 Å². The number of nitrogens with two attached hydrogens (primary N) is 1. The van der Waals surface area contributed by atoms with Crippen molar-refractivity contribution in [1.29, 1.82) is 5.26 Å². The van der Waals surface area contributed by atoms with Crippen LogP contribution >= 0.6 is 15.9 Å². The fourth-order valence-electron chi connectivity index (χ4n) is 3.49. The van der Waals surface area contributed by atoms with E-state index in [1.54, 1.807) is 12.1 Å². The minimum atomic E-state index is -0.475. The Kier molecular flexibility index (Phi) is 5.46. The van der Waals surface area contributed by atoms with Gasteiger partial charge in [-0.05, 0) is 46.6 Å². The third-order valence-electron chi connectivity index (χ3n) is 4.72. The first kappa shape index (κ1) is 20.0. The van der Waals surface area contributed by atoms with Crippen molar-refractivity contribution in [2.75, 3.05) is 20.0 Å². The van der Waals surface area contributed by atoms with Crippen molar-refractivity contribution >= 4 is 15.9 Å². The van der Waals surface area contributed by atoms with Crippen molar-refractivity contribution in [3.8, 4) is 34.8 Å². The van der Waals surface area contributed by atoms with Crippen molar-refractivity contribution in [1.82, 2.24) is 0 Å². The second-order valence-corrected chi connectivity index (χ2v) is 7.39. The summed E-state index contributed by atoms with van der Waals surface area (Å²) in [6.07, 6.45) is 1.66. The van der Waals surface area contributed by atoms with E-state index in [1.807, 2.05) is 25.1 Å². The van der Waals surface area contributed by atoms with E-state index in [0.717, 1.165) is 11.1 Å². The smallest absolute Gasteiger partial charge is 0.231 e. The Balaban J connectivity index is 1.88. The van der Waals surface area contributed by atoms with Gasteiger partial charge in [-0.25, -0.2) is 0 Å². The Morgan fingerprint density at radius 1 is 1.23 bits per heavy atom. The van der Waals surface area contributed by atoms with Gasteiger partial charge in [0.1, 0.15) is 24.0 Å². The number of allylic oxidation sites excluding steroid dienone is 1. The molecule has 8 heteroatoms. The third kappa shape index (κ3) is 3.42. The quantitative estimate of drug-likeness (QED) is 0.626.